The molecule has 0 saturated carbocycles. The van der Waals surface area contributed by atoms with Crippen molar-refractivity contribution in [2.24, 2.45) is 0 Å². The molecule has 0 aromatic carbocycles. The monoisotopic (exact) mass is 140 g/mol. The first-order chi connectivity index (χ1) is 4.80. The average molecular weight is 140 g/mol. The Bertz CT molecular complexity index is 159. The minimum absolute atomic E-state index is 0.0434. The minimum atomic E-state index is 0.0434. The third kappa shape index (κ3) is 1.87. The van der Waals surface area contributed by atoms with Gasteiger partial charge >= 0.3 is 0 Å². The van der Waals surface area contributed by atoms with Gasteiger partial charge in [0.1, 0.15) is 0 Å². The molecule has 0 amide bonds. The van der Waals surface area contributed by atoms with Crippen molar-refractivity contribution in [2.45, 2.75) is 26.2 Å². The van der Waals surface area contributed by atoms with Gasteiger partial charge in [0, 0.05) is 6.92 Å². The number of ether oxygens (including phenoxy) is 1. The molecule has 0 N–H and O–H groups in total. The van der Waals surface area contributed by atoms with Crippen LogP contribution >= 0.6 is 0 Å². The number of rotatable bonds is 1. The lowest BCUT2D eigenvalue weighted by atomic mass is 10.2. The Hall–Kier alpha value is -0.790. The summed E-state index contributed by atoms with van der Waals surface area (Å²) in [6, 6.07) is 0. The van der Waals surface area contributed by atoms with E-state index in [1.807, 2.05) is 6.08 Å². The molecule has 0 bridgehead atoms. The highest BCUT2D eigenvalue weighted by Crippen LogP contribution is 2.10. The molecule has 1 aliphatic rings. The predicted molar refractivity (Wildman–Crippen MR) is 38.6 cm³/mol. The van der Waals surface area contributed by atoms with Gasteiger partial charge in [0.05, 0.1) is 6.61 Å². The van der Waals surface area contributed by atoms with Crippen molar-refractivity contribution in [3.05, 3.63) is 11.8 Å². The number of hydrogen-bond acceptors (Lipinski definition) is 2. The predicted octanol–water partition coefficient (Wildman–Crippen LogP) is 1.66. The van der Waals surface area contributed by atoms with E-state index in [9.17, 15) is 4.79 Å². The molecule has 0 saturated heterocycles. The first kappa shape index (κ1) is 7.32. The summed E-state index contributed by atoms with van der Waals surface area (Å²) in [7, 11) is 0. The van der Waals surface area contributed by atoms with Gasteiger partial charge in [-0.1, -0.05) is 0 Å². The second-order valence-corrected chi connectivity index (χ2v) is 2.47. The molecule has 0 aromatic heterocycles. The van der Waals surface area contributed by atoms with E-state index in [0.29, 0.717) is 12.4 Å². The van der Waals surface area contributed by atoms with Crippen molar-refractivity contribution < 1.29 is 9.53 Å². The fourth-order valence-electron chi connectivity index (χ4n) is 0.966. The van der Waals surface area contributed by atoms with Crippen LogP contribution in [0.5, 0.6) is 0 Å². The van der Waals surface area contributed by atoms with Crippen molar-refractivity contribution in [2.75, 3.05) is 6.61 Å². The van der Waals surface area contributed by atoms with Gasteiger partial charge in [-0.25, -0.2) is 0 Å². The van der Waals surface area contributed by atoms with E-state index in [2.05, 4.69) is 0 Å². The fraction of sp³-hybridized carbons (Fsp3) is 0.625. The molecule has 0 radical (unpaired) electrons. The van der Waals surface area contributed by atoms with Crippen LogP contribution in [0.15, 0.2) is 11.8 Å². The number of ketones is 1. The summed E-state index contributed by atoms with van der Waals surface area (Å²) in [6.45, 7) is 2.24. The number of carbonyl (C=O) groups is 1. The van der Waals surface area contributed by atoms with Crippen LogP contribution in [0.3, 0.4) is 0 Å². The first-order valence-electron chi connectivity index (χ1n) is 3.64. The number of allylic oxidation sites excluding steroid dienone is 2. The molecule has 1 heterocycles. The summed E-state index contributed by atoms with van der Waals surface area (Å²) < 4.78 is 5.18. The molecule has 0 fully saturated rings. The molecule has 0 unspecified atom stereocenters. The van der Waals surface area contributed by atoms with E-state index in [1.165, 1.54) is 6.92 Å². The molecule has 2 heteroatoms. The van der Waals surface area contributed by atoms with Crippen LogP contribution in [-0.4, -0.2) is 12.4 Å². The molecule has 0 aromatic rings. The third-order valence-electron chi connectivity index (χ3n) is 1.53. The van der Waals surface area contributed by atoms with Gasteiger partial charge in [0.15, 0.2) is 11.5 Å². The second-order valence-electron chi connectivity index (χ2n) is 2.47. The lowest BCUT2D eigenvalue weighted by Gasteiger charge is -2.01. The van der Waals surface area contributed by atoms with Crippen LogP contribution in [-0.2, 0) is 9.53 Å². The normalized spacial score (nSPS) is 18.7. The summed E-state index contributed by atoms with van der Waals surface area (Å²) in [5, 5.41) is 0. The SMILES string of the molecule is CC(=O)C1=CCCCCO1. The Morgan fingerprint density at radius 1 is 1.60 bits per heavy atom. The third-order valence-corrected chi connectivity index (χ3v) is 1.53. The van der Waals surface area contributed by atoms with E-state index in [4.69, 9.17) is 4.74 Å². The molecule has 2 nitrogen and oxygen atoms in total. The highest BCUT2D eigenvalue weighted by atomic mass is 16.5. The number of carbonyl (C=O) groups excluding carboxylic acids is 1. The maximum absolute atomic E-state index is 10.8. The topological polar surface area (TPSA) is 26.3 Å². The average Bonchev–Trinajstić information content (AvgIpc) is 2.12. The zero-order chi connectivity index (χ0) is 7.40. The van der Waals surface area contributed by atoms with Crippen molar-refractivity contribution in [3.63, 3.8) is 0 Å². The summed E-state index contributed by atoms with van der Waals surface area (Å²) in [5.41, 5.74) is 0. The van der Waals surface area contributed by atoms with Crippen molar-refractivity contribution in [1.82, 2.24) is 0 Å². The highest BCUT2D eigenvalue weighted by molar-refractivity contribution is 5.91. The van der Waals surface area contributed by atoms with Crippen LogP contribution < -0.4 is 0 Å². The maximum atomic E-state index is 10.8. The molecule has 1 rings (SSSR count). The van der Waals surface area contributed by atoms with Crippen molar-refractivity contribution >= 4 is 5.78 Å². The summed E-state index contributed by atoms with van der Waals surface area (Å²) in [6.07, 6.45) is 5.06. The lowest BCUT2D eigenvalue weighted by Crippen LogP contribution is -2.00. The summed E-state index contributed by atoms with van der Waals surface area (Å²) >= 11 is 0. The fourth-order valence-corrected chi connectivity index (χ4v) is 0.966. The van der Waals surface area contributed by atoms with Gasteiger partial charge in [-0.3, -0.25) is 4.79 Å². The minimum Gasteiger partial charge on any atom is -0.490 e. The van der Waals surface area contributed by atoms with E-state index in [0.717, 1.165) is 19.3 Å². The Kier molecular flexibility index (Phi) is 2.49. The van der Waals surface area contributed by atoms with Crippen LogP contribution in [0.4, 0.5) is 0 Å². The second kappa shape index (κ2) is 3.40. The van der Waals surface area contributed by atoms with Gasteiger partial charge in [-0.05, 0) is 25.3 Å². The molecular weight excluding hydrogens is 128 g/mol. The largest absolute Gasteiger partial charge is 0.490 e. The van der Waals surface area contributed by atoms with Crippen LogP contribution in [0.1, 0.15) is 26.2 Å². The molecule has 0 aliphatic carbocycles. The standard InChI is InChI=1S/C8H12O2/c1-7(9)8-5-3-2-4-6-10-8/h5H,2-4,6H2,1H3. The summed E-state index contributed by atoms with van der Waals surface area (Å²) in [5.74, 6) is 0.597. The van der Waals surface area contributed by atoms with Gasteiger partial charge in [0.25, 0.3) is 0 Å². The van der Waals surface area contributed by atoms with E-state index in [-0.39, 0.29) is 5.78 Å². The maximum Gasteiger partial charge on any atom is 0.193 e. The van der Waals surface area contributed by atoms with E-state index >= 15 is 0 Å². The van der Waals surface area contributed by atoms with Crippen LogP contribution in [0.25, 0.3) is 0 Å². The number of Topliss-reactive ketones (excluding diaryl/α,β-unsaturated/α-hetero) is 1. The van der Waals surface area contributed by atoms with Gasteiger partial charge in [0.2, 0.25) is 0 Å². The molecule has 0 spiro atoms. The van der Waals surface area contributed by atoms with Crippen molar-refractivity contribution in [1.29, 1.82) is 0 Å². The van der Waals surface area contributed by atoms with Crippen LogP contribution in [0.2, 0.25) is 0 Å². The lowest BCUT2D eigenvalue weighted by molar-refractivity contribution is -0.116. The first-order valence-corrected chi connectivity index (χ1v) is 3.64. The van der Waals surface area contributed by atoms with Gasteiger partial charge < -0.3 is 4.74 Å². The smallest absolute Gasteiger partial charge is 0.193 e. The number of hydrogen-bond donors (Lipinski definition) is 0. The van der Waals surface area contributed by atoms with Gasteiger partial charge in [-0.15, -0.1) is 0 Å². The quantitative estimate of drug-likeness (QED) is 0.553. The molecule has 0 atom stereocenters. The van der Waals surface area contributed by atoms with Gasteiger partial charge in [-0.2, -0.15) is 0 Å². The molecular formula is C8H12O2. The highest BCUT2D eigenvalue weighted by Gasteiger charge is 2.06. The Labute approximate surface area is 60.9 Å². The Balaban J connectivity index is 2.54. The molecule has 56 valence electrons. The Morgan fingerprint density at radius 3 is 3.10 bits per heavy atom. The zero-order valence-electron chi connectivity index (χ0n) is 6.22. The van der Waals surface area contributed by atoms with Crippen LogP contribution in [0, 0.1) is 0 Å². The summed E-state index contributed by atoms with van der Waals surface area (Å²) in [4.78, 5) is 10.8. The zero-order valence-corrected chi connectivity index (χ0v) is 6.22. The van der Waals surface area contributed by atoms with Crippen molar-refractivity contribution in [3.8, 4) is 0 Å². The van der Waals surface area contributed by atoms with E-state index < -0.39 is 0 Å². The Morgan fingerprint density at radius 2 is 2.40 bits per heavy atom. The molecule has 10 heavy (non-hydrogen) atoms. The van der Waals surface area contributed by atoms with E-state index in [1.54, 1.807) is 0 Å². The molecule has 1 aliphatic heterocycles.